The lowest BCUT2D eigenvalue weighted by atomic mass is 10.3. The second kappa shape index (κ2) is 5.16. The zero-order valence-corrected chi connectivity index (χ0v) is 5.40. The van der Waals surface area contributed by atoms with E-state index in [1.54, 1.807) is 0 Å². The Morgan fingerprint density at radius 3 is 2.50 bits per heavy atom. The molecule has 0 aromatic heterocycles. The van der Waals surface area contributed by atoms with Crippen molar-refractivity contribution >= 4 is 5.91 Å². The highest BCUT2D eigenvalue weighted by molar-refractivity contribution is 5.80. The van der Waals surface area contributed by atoms with Gasteiger partial charge in [-0.25, -0.2) is 5.32 Å². The minimum absolute atomic E-state index is 0.0319. The van der Waals surface area contributed by atoms with Gasteiger partial charge in [0.2, 0.25) is 0 Å². The molecule has 0 bridgehead atoms. The van der Waals surface area contributed by atoms with Crippen molar-refractivity contribution in [3.63, 3.8) is 0 Å². The molecule has 0 rings (SSSR count). The maximum atomic E-state index is 10.4. The molecule has 1 atom stereocenters. The molecule has 0 aromatic rings. The fourth-order valence-corrected chi connectivity index (χ4v) is 0.344. The van der Waals surface area contributed by atoms with Crippen LogP contribution in [0.5, 0.6) is 0 Å². The Hall–Kier alpha value is -0.650. The lowest BCUT2D eigenvalue weighted by Gasteiger charge is -2.03. The Morgan fingerprint density at radius 2 is 2.10 bits per heavy atom. The van der Waals surface area contributed by atoms with Crippen LogP contribution in [-0.2, 0) is 4.79 Å². The predicted octanol–water partition coefficient (Wildman–Crippen LogP) is -2.54. The maximum Gasteiger partial charge on any atom is 0.272 e. The van der Waals surface area contributed by atoms with E-state index in [-0.39, 0.29) is 13.2 Å². The van der Waals surface area contributed by atoms with E-state index in [0.29, 0.717) is 0 Å². The fraction of sp³-hybridized carbons (Fsp3) is 0.800. The Kier molecular flexibility index (Phi) is 4.82. The van der Waals surface area contributed by atoms with Crippen LogP contribution < -0.4 is 5.32 Å². The average molecular weight is 148 g/mol. The van der Waals surface area contributed by atoms with Crippen LogP contribution in [0.15, 0.2) is 0 Å². The van der Waals surface area contributed by atoms with Gasteiger partial charge in [0, 0.05) is 0 Å². The number of hydrogen-bond donors (Lipinski definition) is 3. The average Bonchev–Trinajstić information content (AvgIpc) is 1.98. The van der Waals surface area contributed by atoms with Gasteiger partial charge in [-0.05, 0) is 0 Å². The molecule has 1 amide bonds. The molecule has 0 saturated heterocycles. The summed E-state index contributed by atoms with van der Waals surface area (Å²) >= 11 is 0. The third-order valence-electron chi connectivity index (χ3n) is 0.826. The van der Waals surface area contributed by atoms with E-state index in [1.807, 2.05) is 0 Å². The zero-order chi connectivity index (χ0) is 7.98. The molecule has 0 fully saturated rings. The molecule has 5 nitrogen and oxygen atoms in total. The Morgan fingerprint density at radius 1 is 1.50 bits per heavy atom. The molecule has 0 aromatic carbocycles. The summed E-state index contributed by atoms with van der Waals surface area (Å²) < 4.78 is 0. The fourth-order valence-electron chi connectivity index (χ4n) is 0.344. The minimum Gasteiger partial charge on any atom is -0.394 e. The van der Waals surface area contributed by atoms with Crippen molar-refractivity contribution < 1.29 is 20.1 Å². The van der Waals surface area contributed by atoms with Gasteiger partial charge < -0.3 is 15.3 Å². The molecule has 0 aliphatic rings. The molecule has 1 radical (unpaired) electrons. The van der Waals surface area contributed by atoms with Crippen molar-refractivity contribution in [3.8, 4) is 0 Å². The normalized spacial score (nSPS) is 12.7. The summed E-state index contributed by atoms with van der Waals surface area (Å²) in [6.45, 7) is -0.895. The number of rotatable bonds is 4. The molecule has 0 aliphatic heterocycles. The zero-order valence-electron chi connectivity index (χ0n) is 5.40. The van der Waals surface area contributed by atoms with Gasteiger partial charge in [0.25, 0.3) is 5.91 Å². The summed E-state index contributed by atoms with van der Waals surface area (Å²) in [5.74, 6) is -0.795. The van der Waals surface area contributed by atoms with Gasteiger partial charge in [-0.2, -0.15) is 0 Å². The predicted molar refractivity (Wildman–Crippen MR) is 32.2 cm³/mol. The lowest BCUT2D eigenvalue weighted by molar-refractivity contribution is -0.131. The minimum atomic E-state index is -1.44. The number of amides is 1. The molecule has 5 heteroatoms. The van der Waals surface area contributed by atoms with Crippen LogP contribution in [0.2, 0.25) is 0 Å². The maximum absolute atomic E-state index is 10.4. The molecule has 59 valence electrons. The summed E-state index contributed by atoms with van der Waals surface area (Å²) in [6.07, 6.45) is -1.44. The van der Waals surface area contributed by atoms with Crippen LogP contribution in [0.25, 0.3) is 0 Å². The Bertz CT molecular complexity index is 106. The quantitative estimate of drug-likeness (QED) is 0.409. The van der Waals surface area contributed by atoms with E-state index in [9.17, 15) is 4.79 Å². The summed E-state index contributed by atoms with van der Waals surface area (Å²) in [5, 5.41) is 28.2. The second-order valence-electron chi connectivity index (χ2n) is 1.64. The number of carbonyl (C=O) groups excluding carboxylic acids is 1. The largest absolute Gasteiger partial charge is 0.394 e. The Balaban J connectivity index is 3.42. The van der Waals surface area contributed by atoms with Gasteiger partial charge in [0.1, 0.15) is 0 Å². The van der Waals surface area contributed by atoms with Gasteiger partial charge in [-0.1, -0.05) is 0 Å². The summed E-state index contributed by atoms with van der Waals surface area (Å²) in [4.78, 5) is 10.4. The topological polar surface area (TPSA) is 91.9 Å². The lowest BCUT2D eigenvalue weighted by Crippen LogP contribution is -2.33. The number of nitrogens with zero attached hydrogens (tertiary/aromatic N) is 1. The van der Waals surface area contributed by atoms with Crippen molar-refractivity contribution in [1.82, 2.24) is 5.32 Å². The first-order valence-corrected chi connectivity index (χ1v) is 2.83. The van der Waals surface area contributed by atoms with Gasteiger partial charge in [-0.15, -0.1) is 0 Å². The SMILES string of the molecule is O=C([N]CCO)C(O)CO. The highest BCUT2D eigenvalue weighted by Gasteiger charge is 2.13. The first kappa shape index (κ1) is 9.35. The van der Waals surface area contributed by atoms with Gasteiger partial charge in [0.05, 0.1) is 19.8 Å². The van der Waals surface area contributed by atoms with Crippen LogP contribution >= 0.6 is 0 Å². The van der Waals surface area contributed by atoms with Crippen LogP contribution in [0.1, 0.15) is 0 Å². The van der Waals surface area contributed by atoms with Gasteiger partial charge >= 0.3 is 0 Å². The number of carbonyl (C=O) groups is 1. The highest BCUT2D eigenvalue weighted by atomic mass is 16.3. The van der Waals surface area contributed by atoms with Gasteiger partial charge in [0.15, 0.2) is 6.10 Å². The van der Waals surface area contributed by atoms with Crippen molar-refractivity contribution in [2.45, 2.75) is 6.10 Å². The van der Waals surface area contributed by atoms with Crippen molar-refractivity contribution in [2.75, 3.05) is 19.8 Å². The summed E-state index contributed by atoms with van der Waals surface area (Å²) in [6, 6.07) is 0. The molecular weight excluding hydrogens is 138 g/mol. The molecular formula is C5H10NO4. The van der Waals surface area contributed by atoms with E-state index in [2.05, 4.69) is 5.32 Å². The molecule has 3 N–H and O–H groups in total. The molecule has 0 spiro atoms. The summed E-state index contributed by atoms with van der Waals surface area (Å²) in [7, 11) is 0. The molecule has 10 heavy (non-hydrogen) atoms. The molecule has 0 heterocycles. The van der Waals surface area contributed by atoms with Crippen molar-refractivity contribution in [1.29, 1.82) is 0 Å². The van der Waals surface area contributed by atoms with E-state index < -0.39 is 18.6 Å². The number of aliphatic hydroxyl groups is 3. The Labute approximate surface area is 58.3 Å². The third kappa shape index (κ3) is 3.39. The van der Waals surface area contributed by atoms with Crippen LogP contribution in [0, 0.1) is 0 Å². The second-order valence-corrected chi connectivity index (χ2v) is 1.64. The van der Waals surface area contributed by atoms with Crippen molar-refractivity contribution in [2.24, 2.45) is 0 Å². The van der Waals surface area contributed by atoms with E-state index in [0.717, 1.165) is 0 Å². The summed E-state index contributed by atoms with van der Waals surface area (Å²) in [5.41, 5.74) is 0. The third-order valence-corrected chi connectivity index (χ3v) is 0.826. The molecule has 0 aliphatic carbocycles. The van der Waals surface area contributed by atoms with Crippen LogP contribution in [0.4, 0.5) is 0 Å². The van der Waals surface area contributed by atoms with Crippen LogP contribution in [-0.4, -0.2) is 47.1 Å². The number of aliphatic hydroxyl groups excluding tert-OH is 3. The van der Waals surface area contributed by atoms with Crippen LogP contribution in [0.3, 0.4) is 0 Å². The first-order valence-electron chi connectivity index (χ1n) is 2.83. The monoisotopic (exact) mass is 148 g/mol. The number of hydrogen-bond acceptors (Lipinski definition) is 4. The highest BCUT2D eigenvalue weighted by Crippen LogP contribution is 1.80. The van der Waals surface area contributed by atoms with E-state index in [1.165, 1.54) is 0 Å². The standard InChI is InChI=1S/C5H10NO4/c7-2-1-6-5(10)4(9)3-8/h4,7-9H,1-3H2. The smallest absolute Gasteiger partial charge is 0.272 e. The van der Waals surface area contributed by atoms with Crippen molar-refractivity contribution in [3.05, 3.63) is 0 Å². The van der Waals surface area contributed by atoms with E-state index in [4.69, 9.17) is 15.3 Å². The molecule has 1 unspecified atom stereocenters. The first-order chi connectivity index (χ1) is 4.72. The van der Waals surface area contributed by atoms with Gasteiger partial charge in [-0.3, -0.25) is 4.79 Å². The van der Waals surface area contributed by atoms with E-state index >= 15 is 0 Å². The molecule has 0 saturated carbocycles.